The fraction of sp³-hybridized carbons (Fsp3) is 0.190. The highest BCUT2D eigenvalue weighted by molar-refractivity contribution is 6.46. The molecule has 0 aromatic heterocycles. The fourth-order valence-electron chi connectivity index (χ4n) is 2.90. The van der Waals surface area contributed by atoms with Crippen molar-refractivity contribution in [3.8, 4) is 12.1 Å². The number of anilines is 1. The molecule has 2 aromatic rings. The van der Waals surface area contributed by atoms with Crippen LogP contribution in [0.15, 0.2) is 41.5 Å². The molecule has 2 aromatic carbocycles. The van der Waals surface area contributed by atoms with E-state index in [0.717, 1.165) is 0 Å². The van der Waals surface area contributed by atoms with E-state index in [1.165, 1.54) is 19.1 Å². The Morgan fingerprint density at radius 2 is 1.72 bits per heavy atom. The number of carboxylic acid groups (broad SMARTS) is 1. The number of benzene rings is 2. The molecule has 2 rings (SSSR count). The van der Waals surface area contributed by atoms with Crippen LogP contribution in [-0.2, 0) is 10.2 Å². The van der Waals surface area contributed by atoms with Crippen LogP contribution in [0.25, 0.3) is 0 Å². The molecule has 0 spiro atoms. The maximum absolute atomic E-state index is 12.2. The monoisotopic (exact) mass is 491 g/mol. The van der Waals surface area contributed by atoms with Crippen LogP contribution < -0.4 is 5.43 Å². The van der Waals surface area contributed by atoms with Crippen LogP contribution in [0, 0.1) is 22.7 Å². The van der Waals surface area contributed by atoms with E-state index >= 15 is 0 Å². The highest BCUT2D eigenvalue weighted by Crippen LogP contribution is 2.42. The van der Waals surface area contributed by atoms with Crippen LogP contribution in [0.1, 0.15) is 25.0 Å². The van der Waals surface area contributed by atoms with Crippen LogP contribution in [0.2, 0.25) is 15.1 Å². The van der Waals surface area contributed by atoms with E-state index in [-0.39, 0.29) is 22.3 Å². The molecule has 0 bridgehead atoms. The van der Waals surface area contributed by atoms with Gasteiger partial charge in [0.2, 0.25) is 5.71 Å². The summed E-state index contributed by atoms with van der Waals surface area (Å²) in [7, 11) is 0. The van der Waals surface area contributed by atoms with Gasteiger partial charge in [-0.1, -0.05) is 46.9 Å². The number of imide groups is 1. The first-order chi connectivity index (χ1) is 15.1. The van der Waals surface area contributed by atoms with Crippen LogP contribution in [-0.4, -0.2) is 34.3 Å². The molecule has 164 valence electrons. The number of hydrogen-bond donors (Lipinski definition) is 2. The molecule has 0 aliphatic carbocycles. The number of carbonyl (C=O) groups excluding carboxylic acids is 1. The zero-order chi connectivity index (χ0) is 24.1. The SMILES string of the molecule is CCN(C(=O)O)C(=O)/C(C#N)=N/Nc1cc(Cl)c(C(C)(C#N)c2ccc(Cl)cc2)c(Cl)c1. The summed E-state index contributed by atoms with van der Waals surface area (Å²) in [5.41, 5.74) is 1.80. The van der Waals surface area contributed by atoms with Crippen molar-refractivity contribution < 1.29 is 14.7 Å². The Kier molecular flexibility index (Phi) is 8.07. The summed E-state index contributed by atoms with van der Waals surface area (Å²) in [6.07, 6.45) is -1.51. The number of carbonyl (C=O) groups is 2. The molecule has 0 aliphatic rings. The second kappa shape index (κ2) is 10.3. The Balaban J connectivity index is 2.43. The van der Waals surface area contributed by atoms with Crippen molar-refractivity contribution >= 4 is 58.2 Å². The highest BCUT2D eigenvalue weighted by atomic mass is 35.5. The number of rotatable bonds is 6. The Morgan fingerprint density at radius 1 is 1.16 bits per heavy atom. The molecule has 2 amide bonds. The van der Waals surface area contributed by atoms with Crippen molar-refractivity contribution in [2.75, 3.05) is 12.0 Å². The van der Waals surface area contributed by atoms with E-state index in [1.807, 2.05) is 0 Å². The minimum Gasteiger partial charge on any atom is -0.465 e. The summed E-state index contributed by atoms with van der Waals surface area (Å²) in [6, 6.07) is 13.3. The Morgan fingerprint density at radius 3 is 2.16 bits per heavy atom. The van der Waals surface area contributed by atoms with E-state index in [0.29, 0.717) is 21.0 Å². The van der Waals surface area contributed by atoms with Crippen molar-refractivity contribution in [3.05, 3.63) is 62.6 Å². The Hall–Kier alpha value is -3.30. The van der Waals surface area contributed by atoms with Crippen molar-refractivity contribution in [1.29, 1.82) is 10.5 Å². The van der Waals surface area contributed by atoms with Crippen LogP contribution in [0.3, 0.4) is 0 Å². The summed E-state index contributed by atoms with van der Waals surface area (Å²) in [5.74, 6) is -1.08. The first-order valence-electron chi connectivity index (χ1n) is 9.04. The molecule has 11 heteroatoms. The summed E-state index contributed by atoms with van der Waals surface area (Å²) in [6.45, 7) is 2.95. The molecule has 32 heavy (non-hydrogen) atoms. The Labute approximate surface area is 199 Å². The third kappa shape index (κ3) is 5.12. The lowest BCUT2D eigenvalue weighted by atomic mass is 9.77. The van der Waals surface area contributed by atoms with Gasteiger partial charge in [0.1, 0.15) is 11.5 Å². The average Bonchev–Trinajstić information content (AvgIpc) is 2.74. The van der Waals surface area contributed by atoms with E-state index < -0.39 is 23.1 Å². The number of nitriles is 2. The molecule has 0 aliphatic heterocycles. The van der Waals surface area contributed by atoms with Crippen molar-refractivity contribution in [3.63, 3.8) is 0 Å². The maximum Gasteiger partial charge on any atom is 0.414 e. The van der Waals surface area contributed by atoms with E-state index in [4.69, 9.17) is 39.9 Å². The zero-order valence-electron chi connectivity index (χ0n) is 16.9. The van der Waals surface area contributed by atoms with Crippen LogP contribution in [0.5, 0.6) is 0 Å². The molecule has 0 heterocycles. The smallest absolute Gasteiger partial charge is 0.414 e. The topological polar surface area (TPSA) is 130 Å². The molecule has 1 unspecified atom stereocenters. The first-order valence-corrected chi connectivity index (χ1v) is 10.2. The normalized spacial score (nSPS) is 12.8. The maximum atomic E-state index is 12.2. The number of halogens is 3. The number of amides is 2. The first kappa shape index (κ1) is 25.0. The summed E-state index contributed by atoms with van der Waals surface area (Å²) in [4.78, 5) is 23.7. The molecule has 0 fully saturated rings. The van der Waals surface area contributed by atoms with Crippen molar-refractivity contribution in [1.82, 2.24) is 4.90 Å². The third-order valence-electron chi connectivity index (χ3n) is 4.58. The van der Waals surface area contributed by atoms with Gasteiger partial charge in [-0.2, -0.15) is 15.6 Å². The largest absolute Gasteiger partial charge is 0.465 e. The molecular weight excluding hydrogens is 477 g/mol. The quantitative estimate of drug-likeness (QED) is 0.416. The predicted octanol–water partition coefficient (Wildman–Crippen LogP) is 5.29. The van der Waals surface area contributed by atoms with E-state index in [9.17, 15) is 20.1 Å². The second-order valence-electron chi connectivity index (χ2n) is 6.57. The van der Waals surface area contributed by atoms with Crippen molar-refractivity contribution in [2.24, 2.45) is 5.10 Å². The fourth-order valence-corrected chi connectivity index (χ4v) is 3.89. The minimum atomic E-state index is -1.51. The number of nitrogens with zero attached hydrogens (tertiary/aromatic N) is 4. The average molecular weight is 493 g/mol. The van der Waals surface area contributed by atoms with Gasteiger partial charge in [-0.05, 0) is 43.7 Å². The number of hydrazone groups is 1. The van der Waals surface area contributed by atoms with Crippen molar-refractivity contribution in [2.45, 2.75) is 19.3 Å². The lowest BCUT2D eigenvalue weighted by molar-refractivity contribution is -0.121. The lowest BCUT2D eigenvalue weighted by Crippen LogP contribution is -2.40. The second-order valence-corrected chi connectivity index (χ2v) is 7.83. The van der Waals surface area contributed by atoms with E-state index in [2.05, 4.69) is 16.6 Å². The zero-order valence-corrected chi connectivity index (χ0v) is 19.1. The van der Waals surface area contributed by atoms with Gasteiger partial charge in [0.05, 0.1) is 11.8 Å². The lowest BCUT2D eigenvalue weighted by Gasteiger charge is -2.25. The van der Waals surface area contributed by atoms with Gasteiger partial charge in [-0.25, -0.2) is 9.69 Å². The predicted molar refractivity (Wildman–Crippen MR) is 122 cm³/mol. The van der Waals surface area contributed by atoms with Crippen LogP contribution >= 0.6 is 34.8 Å². The standard InChI is InChI=1S/C21H16Cl3N5O3/c1-3-29(20(31)32)19(30)17(10-25)28-27-14-8-15(23)18(16(24)9-14)21(2,11-26)12-4-6-13(22)7-5-12/h4-9,27H,3H2,1-2H3,(H,31,32)/b28-17+. The van der Waals surface area contributed by atoms with Gasteiger partial charge in [0, 0.05) is 27.2 Å². The molecule has 0 saturated carbocycles. The molecule has 8 nitrogen and oxygen atoms in total. The van der Waals surface area contributed by atoms with E-state index in [1.54, 1.807) is 37.3 Å². The Bertz CT molecular complexity index is 1150. The molecule has 2 N–H and O–H groups in total. The summed E-state index contributed by atoms with van der Waals surface area (Å²) in [5, 5.41) is 32.6. The summed E-state index contributed by atoms with van der Waals surface area (Å²) >= 11 is 18.8. The van der Waals surface area contributed by atoms with Gasteiger partial charge in [-0.3, -0.25) is 10.2 Å². The van der Waals surface area contributed by atoms with Gasteiger partial charge in [0.15, 0.2) is 0 Å². The third-order valence-corrected chi connectivity index (χ3v) is 5.43. The molecule has 0 radical (unpaired) electrons. The van der Waals surface area contributed by atoms with Gasteiger partial charge < -0.3 is 5.11 Å². The van der Waals surface area contributed by atoms with Crippen LogP contribution in [0.4, 0.5) is 10.5 Å². The summed E-state index contributed by atoms with van der Waals surface area (Å²) < 4.78 is 0. The highest BCUT2D eigenvalue weighted by Gasteiger charge is 2.34. The minimum absolute atomic E-state index is 0.139. The van der Waals surface area contributed by atoms with Gasteiger partial charge in [0.25, 0.3) is 5.91 Å². The van der Waals surface area contributed by atoms with Gasteiger partial charge >= 0.3 is 6.09 Å². The molecular formula is C21H16Cl3N5O3. The number of nitrogens with one attached hydrogen (secondary N) is 1. The number of hydrogen-bond acceptors (Lipinski definition) is 6. The van der Waals surface area contributed by atoms with Gasteiger partial charge in [-0.15, -0.1) is 0 Å². The molecule has 0 saturated heterocycles. The molecule has 1 atom stereocenters.